The summed E-state index contributed by atoms with van der Waals surface area (Å²) < 4.78 is 0. The van der Waals surface area contributed by atoms with Crippen LogP contribution in [0.2, 0.25) is 0 Å². The highest BCUT2D eigenvalue weighted by atomic mass is 17.2. The number of hydrogen-bond acceptors (Lipinski definition) is 3. The summed E-state index contributed by atoms with van der Waals surface area (Å²) in [5, 5.41) is 8.23. The Morgan fingerprint density at radius 1 is 1.58 bits per heavy atom. The Labute approximate surface area is 72.4 Å². The maximum absolute atomic E-state index is 10.0. The van der Waals surface area contributed by atoms with Crippen LogP contribution in [-0.4, -0.2) is 16.7 Å². The van der Waals surface area contributed by atoms with Crippen LogP contribution in [0.25, 0.3) is 0 Å². The zero-order valence-corrected chi connectivity index (χ0v) is 7.66. The molecule has 4 heteroatoms. The third-order valence-electron chi connectivity index (χ3n) is 1.45. The van der Waals surface area contributed by atoms with E-state index in [0.29, 0.717) is 0 Å². The van der Waals surface area contributed by atoms with Gasteiger partial charge in [0.25, 0.3) is 0 Å². The molecule has 0 aromatic carbocycles. The monoisotopic (exact) mass is 175 g/mol. The molecule has 0 aromatic rings. The van der Waals surface area contributed by atoms with Gasteiger partial charge in [-0.15, -0.1) is 0 Å². The molecule has 0 atom stereocenters. The normalized spacial score (nSPS) is 11.6. The summed E-state index contributed by atoms with van der Waals surface area (Å²) >= 11 is 0. The van der Waals surface area contributed by atoms with E-state index < -0.39 is 5.97 Å². The van der Waals surface area contributed by atoms with Gasteiger partial charge in [-0.25, -0.2) is 9.78 Å². The van der Waals surface area contributed by atoms with Crippen molar-refractivity contribution < 1.29 is 19.7 Å². The molecule has 0 bridgehead atoms. The molecule has 1 radical (unpaired) electrons. The van der Waals surface area contributed by atoms with Crippen LogP contribution < -0.4 is 0 Å². The quantitative estimate of drug-likeness (QED) is 0.379. The Hall–Kier alpha value is -0.610. The number of carbonyl (C=O) groups is 1. The SMILES string of the molecule is CCC(C)(C)OO[CH]CC(=O)O. The van der Waals surface area contributed by atoms with Crippen molar-refractivity contribution in [3.05, 3.63) is 6.61 Å². The zero-order chi connectivity index (χ0) is 9.61. The fourth-order valence-electron chi connectivity index (χ4n) is 0.329. The van der Waals surface area contributed by atoms with Crippen LogP contribution >= 0.6 is 0 Å². The number of carboxylic acid groups (broad SMARTS) is 1. The van der Waals surface area contributed by atoms with Gasteiger partial charge in [0, 0.05) is 0 Å². The van der Waals surface area contributed by atoms with Crippen molar-refractivity contribution in [2.24, 2.45) is 0 Å². The first kappa shape index (κ1) is 11.4. The first-order valence-corrected chi connectivity index (χ1v) is 3.86. The number of hydrogen-bond donors (Lipinski definition) is 1. The van der Waals surface area contributed by atoms with Crippen molar-refractivity contribution in [3.63, 3.8) is 0 Å². The molecule has 0 saturated heterocycles. The van der Waals surface area contributed by atoms with E-state index in [4.69, 9.17) is 9.99 Å². The molecule has 0 rings (SSSR count). The molecule has 0 aromatic heterocycles. The third kappa shape index (κ3) is 6.12. The van der Waals surface area contributed by atoms with Crippen LogP contribution in [-0.2, 0) is 14.6 Å². The molecule has 0 aliphatic carbocycles. The van der Waals surface area contributed by atoms with E-state index in [0.717, 1.165) is 13.0 Å². The molecule has 71 valence electrons. The molecule has 0 heterocycles. The molecular weight excluding hydrogens is 160 g/mol. The molecule has 0 saturated carbocycles. The van der Waals surface area contributed by atoms with Crippen LogP contribution in [0.15, 0.2) is 0 Å². The Morgan fingerprint density at radius 3 is 2.58 bits per heavy atom. The second-order valence-electron chi connectivity index (χ2n) is 3.06. The van der Waals surface area contributed by atoms with Crippen molar-refractivity contribution in [1.29, 1.82) is 0 Å². The van der Waals surface area contributed by atoms with E-state index in [-0.39, 0.29) is 12.0 Å². The smallest absolute Gasteiger partial charge is 0.306 e. The molecule has 4 nitrogen and oxygen atoms in total. The standard InChI is InChI=1S/C8H15O4/c1-4-8(2,3)12-11-6-5-7(9)10/h6H,4-5H2,1-3H3,(H,9,10). The lowest BCUT2D eigenvalue weighted by Gasteiger charge is -2.20. The van der Waals surface area contributed by atoms with Gasteiger partial charge in [0.15, 0.2) is 0 Å². The van der Waals surface area contributed by atoms with Crippen molar-refractivity contribution in [1.82, 2.24) is 0 Å². The number of rotatable bonds is 6. The lowest BCUT2D eigenvalue weighted by molar-refractivity contribution is -0.332. The van der Waals surface area contributed by atoms with E-state index in [1.54, 1.807) is 0 Å². The van der Waals surface area contributed by atoms with Crippen molar-refractivity contribution in [3.8, 4) is 0 Å². The first-order valence-electron chi connectivity index (χ1n) is 3.86. The van der Waals surface area contributed by atoms with Crippen molar-refractivity contribution in [2.75, 3.05) is 0 Å². The molecule has 12 heavy (non-hydrogen) atoms. The first-order chi connectivity index (χ1) is 5.48. The number of aliphatic carboxylic acids is 1. The summed E-state index contributed by atoms with van der Waals surface area (Å²) in [7, 11) is 0. The molecule has 0 aliphatic heterocycles. The van der Waals surface area contributed by atoms with Gasteiger partial charge < -0.3 is 5.11 Å². The lowest BCUT2D eigenvalue weighted by atomic mass is 10.1. The van der Waals surface area contributed by atoms with Crippen LogP contribution in [0, 0.1) is 6.61 Å². The van der Waals surface area contributed by atoms with Gasteiger partial charge in [0.05, 0.1) is 12.0 Å². The van der Waals surface area contributed by atoms with Crippen LogP contribution in [0.4, 0.5) is 0 Å². The maximum Gasteiger partial charge on any atom is 0.306 e. The van der Waals surface area contributed by atoms with E-state index in [9.17, 15) is 4.79 Å². The molecule has 0 fully saturated rings. The van der Waals surface area contributed by atoms with Gasteiger partial charge in [0.2, 0.25) is 0 Å². The minimum Gasteiger partial charge on any atom is -0.481 e. The summed E-state index contributed by atoms with van der Waals surface area (Å²) in [6.45, 7) is 6.81. The molecular formula is C8H15O4. The highest BCUT2D eigenvalue weighted by Crippen LogP contribution is 2.14. The van der Waals surface area contributed by atoms with Crippen LogP contribution in [0.3, 0.4) is 0 Å². The highest BCUT2D eigenvalue weighted by molar-refractivity contribution is 5.67. The van der Waals surface area contributed by atoms with Gasteiger partial charge in [-0.1, -0.05) is 6.92 Å². The Kier molecular flexibility index (Phi) is 4.85. The van der Waals surface area contributed by atoms with Gasteiger partial charge in [0.1, 0.15) is 6.61 Å². The fourth-order valence-corrected chi connectivity index (χ4v) is 0.329. The summed E-state index contributed by atoms with van der Waals surface area (Å²) in [5.74, 6) is -0.937. The van der Waals surface area contributed by atoms with E-state index in [1.165, 1.54) is 0 Å². The van der Waals surface area contributed by atoms with E-state index in [1.807, 2.05) is 20.8 Å². The second kappa shape index (κ2) is 5.11. The van der Waals surface area contributed by atoms with Gasteiger partial charge in [-0.2, -0.15) is 0 Å². The maximum atomic E-state index is 10.0. The predicted molar refractivity (Wildman–Crippen MR) is 43.1 cm³/mol. The molecule has 0 unspecified atom stereocenters. The van der Waals surface area contributed by atoms with Gasteiger partial charge in [-0.3, -0.25) is 4.79 Å². The Balaban J connectivity index is 3.37. The fraction of sp³-hybridized carbons (Fsp3) is 0.750. The molecule has 0 aliphatic rings. The number of carboxylic acids is 1. The molecule has 0 spiro atoms. The van der Waals surface area contributed by atoms with Crippen molar-refractivity contribution >= 4 is 5.97 Å². The van der Waals surface area contributed by atoms with E-state index in [2.05, 4.69) is 4.89 Å². The van der Waals surface area contributed by atoms with Gasteiger partial charge in [-0.05, 0) is 20.3 Å². The van der Waals surface area contributed by atoms with Gasteiger partial charge >= 0.3 is 5.97 Å². The molecule has 0 amide bonds. The Morgan fingerprint density at radius 2 is 2.17 bits per heavy atom. The van der Waals surface area contributed by atoms with Crippen molar-refractivity contribution in [2.45, 2.75) is 39.2 Å². The zero-order valence-electron chi connectivity index (χ0n) is 7.66. The summed E-state index contributed by atoms with van der Waals surface area (Å²) in [6, 6.07) is 0. The summed E-state index contributed by atoms with van der Waals surface area (Å²) in [4.78, 5) is 19.5. The van der Waals surface area contributed by atoms with E-state index >= 15 is 0 Å². The molecule has 1 N–H and O–H groups in total. The topological polar surface area (TPSA) is 55.8 Å². The summed E-state index contributed by atoms with van der Waals surface area (Å²) in [5.41, 5.74) is -0.366. The summed E-state index contributed by atoms with van der Waals surface area (Å²) in [6.07, 6.45) is 0.647. The Bertz CT molecular complexity index is 142. The highest BCUT2D eigenvalue weighted by Gasteiger charge is 2.16. The third-order valence-corrected chi connectivity index (χ3v) is 1.45. The second-order valence-corrected chi connectivity index (χ2v) is 3.06. The average Bonchev–Trinajstić information content (AvgIpc) is 1.98. The lowest BCUT2D eigenvalue weighted by Crippen LogP contribution is -2.22. The van der Waals surface area contributed by atoms with Crippen LogP contribution in [0.1, 0.15) is 33.6 Å². The minimum atomic E-state index is -0.937. The largest absolute Gasteiger partial charge is 0.481 e. The average molecular weight is 175 g/mol. The minimum absolute atomic E-state index is 0.153. The van der Waals surface area contributed by atoms with Crippen LogP contribution in [0.5, 0.6) is 0 Å². The predicted octanol–water partition coefficient (Wildman–Crippen LogP) is 1.76.